The van der Waals surface area contributed by atoms with Crippen LogP contribution in [-0.2, 0) is 11.2 Å². The van der Waals surface area contributed by atoms with Crippen molar-refractivity contribution in [1.82, 2.24) is 0 Å². The van der Waals surface area contributed by atoms with Gasteiger partial charge in [0.2, 0.25) is 0 Å². The predicted octanol–water partition coefficient (Wildman–Crippen LogP) is 4.75. The van der Waals surface area contributed by atoms with Gasteiger partial charge in [0.1, 0.15) is 0 Å². The summed E-state index contributed by atoms with van der Waals surface area (Å²) in [6, 6.07) is 8.56. The zero-order valence-electron chi connectivity index (χ0n) is 17.2. The van der Waals surface area contributed by atoms with E-state index in [9.17, 15) is 5.11 Å². The molecule has 0 aromatic heterocycles. The first-order valence-corrected chi connectivity index (χ1v) is 11.0. The summed E-state index contributed by atoms with van der Waals surface area (Å²) in [6.45, 7) is 2.38. The number of hydrogen-bond acceptors (Lipinski definition) is 3. The van der Waals surface area contributed by atoms with Gasteiger partial charge < -0.3 is 14.9 Å². The van der Waals surface area contributed by atoms with Crippen LogP contribution >= 0.6 is 0 Å². The minimum atomic E-state index is -0.393. The van der Waals surface area contributed by atoms with Crippen LogP contribution in [0, 0.1) is 18.8 Å². The van der Waals surface area contributed by atoms with E-state index in [1.807, 2.05) is 6.08 Å². The lowest BCUT2D eigenvalue weighted by atomic mass is 9.77. The average molecular weight is 385 g/mol. The monoisotopic (exact) mass is 384 g/mol. The van der Waals surface area contributed by atoms with E-state index >= 15 is 0 Å². The third kappa shape index (κ3) is 6.04. The summed E-state index contributed by atoms with van der Waals surface area (Å²) < 4.78 is 6.17. The molecule has 1 aromatic carbocycles. The quantitative estimate of drug-likeness (QED) is 0.428. The Morgan fingerprint density at radius 2 is 1.89 bits per heavy atom. The van der Waals surface area contributed by atoms with Gasteiger partial charge in [-0.1, -0.05) is 54.1 Å². The molecular weight excluding hydrogens is 348 g/mol. The van der Waals surface area contributed by atoms with Crippen molar-refractivity contribution in [3.05, 3.63) is 59.7 Å². The second kappa shape index (κ2) is 10.9. The van der Waals surface area contributed by atoms with Crippen molar-refractivity contribution >= 4 is 0 Å². The number of benzene rings is 1. The molecule has 2 aliphatic rings. The number of aliphatic hydroxyl groups excluding tert-OH is 2. The SMILES string of the molecule is Cc1ccc(CC[C@H](O)/C=C/C2[C@@H](C/C=C\CCCCO)[C@H]3CC[C@H]2O3)cc1. The summed E-state index contributed by atoms with van der Waals surface area (Å²) in [5.74, 6) is 0.961. The zero-order valence-corrected chi connectivity index (χ0v) is 17.2. The van der Waals surface area contributed by atoms with Crippen LogP contribution in [0.5, 0.6) is 0 Å². The van der Waals surface area contributed by atoms with Crippen LogP contribution in [0.25, 0.3) is 0 Å². The number of hydrogen-bond donors (Lipinski definition) is 2. The smallest absolute Gasteiger partial charge is 0.0724 e. The minimum Gasteiger partial charge on any atom is -0.396 e. The van der Waals surface area contributed by atoms with Crippen molar-refractivity contribution in [2.75, 3.05) is 6.61 Å². The maximum Gasteiger partial charge on any atom is 0.0724 e. The number of rotatable bonds is 11. The van der Waals surface area contributed by atoms with Crippen LogP contribution in [0.3, 0.4) is 0 Å². The molecule has 0 radical (unpaired) electrons. The van der Waals surface area contributed by atoms with Crippen LogP contribution in [-0.4, -0.2) is 35.1 Å². The van der Waals surface area contributed by atoms with Crippen LogP contribution in [0.1, 0.15) is 56.1 Å². The van der Waals surface area contributed by atoms with Gasteiger partial charge in [0, 0.05) is 12.5 Å². The molecule has 0 spiro atoms. The van der Waals surface area contributed by atoms with Gasteiger partial charge in [-0.3, -0.25) is 0 Å². The molecular formula is C25H36O3. The van der Waals surface area contributed by atoms with Crippen molar-refractivity contribution in [3.63, 3.8) is 0 Å². The number of allylic oxidation sites excluding steroid dienone is 2. The van der Waals surface area contributed by atoms with Gasteiger partial charge in [0.05, 0.1) is 18.3 Å². The first-order chi connectivity index (χ1) is 13.7. The van der Waals surface area contributed by atoms with Crippen LogP contribution in [0.2, 0.25) is 0 Å². The van der Waals surface area contributed by atoms with Crippen molar-refractivity contribution in [2.45, 2.75) is 76.6 Å². The van der Waals surface area contributed by atoms with Crippen molar-refractivity contribution < 1.29 is 14.9 Å². The Bertz CT molecular complexity index is 634. The lowest BCUT2D eigenvalue weighted by Gasteiger charge is -2.25. The third-order valence-corrected chi connectivity index (χ3v) is 6.25. The second-order valence-electron chi connectivity index (χ2n) is 8.43. The largest absolute Gasteiger partial charge is 0.396 e. The lowest BCUT2D eigenvalue weighted by Crippen LogP contribution is -2.25. The normalized spacial score (nSPS) is 28.0. The van der Waals surface area contributed by atoms with Gasteiger partial charge in [-0.2, -0.15) is 0 Å². The summed E-state index contributed by atoms with van der Waals surface area (Å²) >= 11 is 0. The van der Waals surface area contributed by atoms with Crippen molar-refractivity contribution in [2.24, 2.45) is 11.8 Å². The van der Waals surface area contributed by atoms with E-state index in [0.717, 1.165) is 44.9 Å². The van der Waals surface area contributed by atoms with Gasteiger partial charge in [-0.05, 0) is 69.8 Å². The van der Waals surface area contributed by atoms with Crippen LogP contribution in [0.4, 0.5) is 0 Å². The first-order valence-electron chi connectivity index (χ1n) is 11.0. The minimum absolute atomic E-state index is 0.285. The Morgan fingerprint density at radius 3 is 2.68 bits per heavy atom. The van der Waals surface area contributed by atoms with E-state index in [-0.39, 0.29) is 6.61 Å². The van der Waals surface area contributed by atoms with Gasteiger partial charge in [0.15, 0.2) is 0 Å². The first kappa shape index (κ1) is 21.3. The fraction of sp³-hybridized carbons (Fsp3) is 0.600. The van der Waals surface area contributed by atoms with Gasteiger partial charge in [-0.25, -0.2) is 0 Å². The Morgan fingerprint density at radius 1 is 1.11 bits per heavy atom. The summed E-state index contributed by atoms with van der Waals surface area (Å²) in [7, 11) is 0. The fourth-order valence-electron chi connectivity index (χ4n) is 4.55. The van der Waals surface area contributed by atoms with E-state index in [0.29, 0.717) is 24.0 Å². The van der Waals surface area contributed by atoms with Crippen LogP contribution < -0.4 is 0 Å². The van der Waals surface area contributed by atoms with Crippen molar-refractivity contribution in [1.29, 1.82) is 0 Å². The Kier molecular flexibility index (Phi) is 8.32. The van der Waals surface area contributed by atoms with E-state index < -0.39 is 6.10 Å². The average Bonchev–Trinajstić information content (AvgIpc) is 3.30. The Labute approximate surface area is 170 Å². The molecule has 154 valence electrons. The second-order valence-corrected chi connectivity index (χ2v) is 8.43. The summed E-state index contributed by atoms with van der Waals surface area (Å²) in [5.41, 5.74) is 2.56. The fourth-order valence-corrected chi connectivity index (χ4v) is 4.55. The van der Waals surface area contributed by atoms with Crippen LogP contribution in [0.15, 0.2) is 48.6 Å². The molecule has 0 amide bonds. The van der Waals surface area contributed by atoms with Gasteiger partial charge >= 0.3 is 0 Å². The molecule has 3 heteroatoms. The van der Waals surface area contributed by atoms with E-state index in [2.05, 4.69) is 49.4 Å². The number of fused-ring (bicyclic) bond motifs is 2. The van der Waals surface area contributed by atoms with Crippen molar-refractivity contribution in [3.8, 4) is 0 Å². The number of aryl methyl sites for hydroxylation is 2. The molecule has 3 nitrogen and oxygen atoms in total. The highest BCUT2D eigenvalue weighted by atomic mass is 16.5. The molecule has 2 heterocycles. The van der Waals surface area contributed by atoms with E-state index in [1.165, 1.54) is 17.5 Å². The molecule has 1 aromatic rings. The molecule has 2 bridgehead atoms. The highest BCUT2D eigenvalue weighted by Gasteiger charge is 2.46. The van der Waals surface area contributed by atoms with Gasteiger partial charge in [0.25, 0.3) is 0 Å². The number of unbranched alkanes of at least 4 members (excludes halogenated alkanes) is 2. The zero-order chi connectivity index (χ0) is 19.8. The molecule has 5 atom stereocenters. The molecule has 2 aliphatic heterocycles. The molecule has 3 rings (SSSR count). The van der Waals surface area contributed by atoms with E-state index in [1.54, 1.807) is 0 Å². The predicted molar refractivity (Wildman–Crippen MR) is 114 cm³/mol. The highest BCUT2D eigenvalue weighted by molar-refractivity contribution is 5.21. The maximum atomic E-state index is 10.4. The summed E-state index contributed by atoms with van der Waals surface area (Å²) in [5, 5.41) is 19.3. The number of ether oxygens (including phenoxy) is 1. The highest BCUT2D eigenvalue weighted by Crippen LogP contribution is 2.45. The lowest BCUT2D eigenvalue weighted by molar-refractivity contribution is 0.0899. The Balaban J connectivity index is 1.47. The summed E-state index contributed by atoms with van der Waals surface area (Å²) in [6.07, 6.45) is 17.1. The molecule has 0 aliphatic carbocycles. The molecule has 2 fully saturated rings. The topological polar surface area (TPSA) is 49.7 Å². The number of aliphatic hydroxyl groups is 2. The molecule has 28 heavy (non-hydrogen) atoms. The molecule has 2 N–H and O–H groups in total. The third-order valence-electron chi connectivity index (χ3n) is 6.25. The maximum absolute atomic E-state index is 10.4. The molecule has 0 saturated carbocycles. The van der Waals surface area contributed by atoms with Gasteiger partial charge in [-0.15, -0.1) is 0 Å². The Hall–Kier alpha value is -1.42. The summed E-state index contributed by atoms with van der Waals surface area (Å²) in [4.78, 5) is 0. The standard InChI is InChI=1S/C25H36O3/c1-19-8-10-20(11-9-19)12-13-21(27)14-15-23-22(24-16-17-25(23)28-24)7-5-3-2-4-6-18-26/h3,5,8-11,14-15,21-27H,2,4,6-7,12-13,16-18H2,1H3/b5-3-,15-14+/t21-,22+,23?,24+,25+/m0/s1. The van der Waals surface area contributed by atoms with E-state index in [4.69, 9.17) is 9.84 Å². The molecule has 1 unspecified atom stereocenters. The molecule has 2 saturated heterocycles.